The number of carboxylic acids is 1. The fraction of sp³-hybridized carbons (Fsp3) is 0.300. The van der Waals surface area contributed by atoms with Crippen molar-refractivity contribution >= 4 is 17.7 Å². The second-order valence-corrected chi connectivity index (χ2v) is 6.47. The lowest BCUT2D eigenvalue weighted by Crippen LogP contribution is -2.33. The minimum Gasteiger partial charge on any atom is -0.497 e. The van der Waals surface area contributed by atoms with Crippen LogP contribution >= 0.6 is 0 Å². The van der Waals surface area contributed by atoms with E-state index in [4.69, 9.17) is 9.84 Å². The molecule has 0 radical (unpaired) electrons. The highest BCUT2D eigenvalue weighted by Crippen LogP contribution is 2.23. The Labute approximate surface area is 152 Å². The van der Waals surface area contributed by atoms with Crippen LogP contribution in [-0.2, 0) is 6.42 Å². The molecular weight excluding hydrogens is 332 g/mol. The Balaban J connectivity index is 1.54. The van der Waals surface area contributed by atoms with Crippen molar-refractivity contribution in [2.24, 2.45) is 5.92 Å². The van der Waals surface area contributed by atoms with Gasteiger partial charge < -0.3 is 20.1 Å². The van der Waals surface area contributed by atoms with E-state index in [9.17, 15) is 9.59 Å². The quantitative estimate of drug-likeness (QED) is 0.861. The number of urea groups is 1. The maximum Gasteiger partial charge on any atom is 0.335 e. The topological polar surface area (TPSA) is 78.9 Å². The van der Waals surface area contributed by atoms with Crippen molar-refractivity contribution in [1.82, 2.24) is 4.90 Å². The normalized spacial score (nSPS) is 16.3. The summed E-state index contributed by atoms with van der Waals surface area (Å²) in [4.78, 5) is 25.2. The van der Waals surface area contributed by atoms with Crippen molar-refractivity contribution in [2.45, 2.75) is 12.8 Å². The zero-order valence-electron chi connectivity index (χ0n) is 14.6. The highest BCUT2D eigenvalue weighted by Gasteiger charge is 2.26. The van der Waals surface area contributed by atoms with Gasteiger partial charge in [0.2, 0.25) is 0 Å². The molecule has 1 aliphatic rings. The molecule has 2 aromatic carbocycles. The number of amides is 2. The van der Waals surface area contributed by atoms with Gasteiger partial charge >= 0.3 is 12.0 Å². The molecule has 6 heteroatoms. The molecule has 26 heavy (non-hydrogen) atoms. The van der Waals surface area contributed by atoms with E-state index in [2.05, 4.69) is 5.32 Å². The zero-order valence-corrected chi connectivity index (χ0v) is 14.6. The smallest absolute Gasteiger partial charge is 0.335 e. The summed E-state index contributed by atoms with van der Waals surface area (Å²) >= 11 is 0. The van der Waals surface area contributed by atoms with Gasteiger partial charge in [0.1, 0.15) is 5.75 Å². The molecule has 136 valence electrons. The molecular formula is C20H22N2O4. The van der Waals surface area contributed by atoms with Gasteiger partial charge in [-0.25, -0.2) is 9.59 Å². The number of hydrogen-bond acceptors (Lipinski definition) is 3. The average Bonchev–Trinajstić information content (AvgIpc) is 3.11. The van der Waals surface area contributed by atoms with Crippen molar-refractivity contribution < 1.29 is 19.4 Å². The molecule has 2 N–H and O–H groups in total. The fourth-order valence-electron chi connectivity index (χ4n) is 3.20. The average molecular weight is 354 g/mol. The summed E-state index contributed by atoms with van der Waals surface area (Å²) in [6.45, 7) is 1.41. The summed E-state index contributed by atoms with van der Waals surface area (Å²) in [5.41, 5.74) is 2.09. The van der Waals surface area contributed by atoms with Crippen molar-refractivity contribution in [3.63, 3.8) is 0 Å². The number of carbonyl (C=O) groups is 2. The molecule has 1 aliphatic heterocycles. The number of anilines is 1. The Morgan fingerprint density at radius 1 is 1.23 bits per heavy atom. The standard InChI is InChI=1S/C20H22N2O4/c1-26-18-4-2-3-17(12-18)21-20(25)22-10-9-15(13-22)11-14-5-7-16(8-6-14)19(23)24/h2-8,12,15H,9-11,13H2,1H3,(H,21,25)(H,23,24)/t15-/m0/s1. The van der Waals surface area contributed by atoms with Crippen LogP contribution in [0.2, 0.25) is 0 Å². The predicted molar refractivity (Wildman–Crippen MR) is 98.8 cm³/mol. The number of methoxy groups -OCH3 is 1. The number of hydrogen-bond donors (Lipinski definition) is 2. The SMILES string of the molecule is COc1cccc(NC(=O)N2CC[C@@H](Cc3ccc(C(=O)O)cc3)C2)c1. The molecule has 3 rings (SSSR count). The molecule has 1 heterocycles. The Bertz CT molecular complexity index is 789. The number of nitrogens with one attached hydrogen (secondary N) is 1. The number of ether oxygens (including phenoxy) is 1. The Hall–Kier alpha value is -3.02. The highest BCUT2D eigenvalue weighted by molar-refractivity contribution is 5.89. The Morgan fingerprint density at radius 3 is 2.69 bits per heavy atom. The predicted octanol–water partition coefficient (Wildman–Crippen LogP) is 3.49. The van der Waals surface area contributed by atoms with Crippen LogP contribution < -0.4 is 10.1 Å². The first-order valence-corrected chi connectivity index (χ1v) is 8.57. The van der Waals surface area contributed by atoms with E-state index in [1.165, 1.54) is 0 Å². The minimum absolute atomic E-state index is 0.109. The largest absolute Gasteiger partial charge is 0.497 e. The molecule has 1 saturated heterocycles. The number of nitrogens with zero attached hydrogens (tertiary/aromatic N) is 1. The fourth-order valence-corrected chi connectivity index (χ4v) is 3.20. The third kappa shape index (κ3) is 4.33. The lowest BCUT2D eigenvalue weighted by molar-refractivity contribution is 0.0697. The molecule has 2 amide bonds. The molecule has 0 bridgehead atoms. The molecule has 0 aliphatic carbocycles. The number of benzene rings is 2. The Morgan fingerprint density at radius 2 is 2.00 bits per heavy atom. The molecule has 0 spiro atoms. The van der Waals surface area contributed by atoms with Crippen LogP contribution in [0, 0.1) is 5.92 Å². The van der Waals surface area contributed by atoms with E-state index in [1.807, 2.05) is 35.2 Å². The summed E-state index contributed by atoms with van der Waals surface area (Å²) in [6.07, 6.45) is 1.77. The van der Waals surface area contributed by atoms with Gasteiger partial charge in [-0.05, 0) is 48.6 Å². The van der Waals surface area contributed by atoms with Crippen LogP contribution in [0.3, 0.4) is 0 Å². The van der Waals surface area contributed by atoms with Crippen molar-refractivity contribution in [1.29, 1.82) is 0 Å². The lowest BCUT2D eigenvalue weighted by atomic mass is 9.98. The van der Waals surface area contributed by atoms with Gasteiger partial charge in [-0.15, -0.1) is 0 Å². The van der Waals surface area contributed by atoms with E-state index in [1.54, 1.807) is 25.3 Å². The van der Waals surface area contributed by atoms with Gasteiger partial charge in [0.25, 0.3) is 0 Å². The van der Waals surface area contributed by atoms with E-state index in [0.29, 0.717) is 36.0 Å². The maximum atomic E-state index is 12.4. The van der Waals surface area contributed by atoms with E-state index >= 15 is 0 Å². The van der Waals surface area contributed by atoms with E-state index in [0.717, 1.165) is 18.4 Å². The second kappa shape index (κ2) is 7.91. The monoisotopic (exact) mass is 354 g/mol. The van der Waals surface area contributed by atoms with Crippen molar-refractivity contribution in [2.75, 3.05) is 25.5 Å². The van der Waals surface area contributed by atoms with Gasteiger partial charge in [0.15, 0.2) is 0 Å². The second-order valence-electron chi connectivity index (χ2n) is 6.47. The summed E-state index contributed by atoms with van der Waals surface area (Å²) in [6, 6.07) is 14.1. The van der Waals surface area contributed by atoms with Crippen LogP contribution in [0.5, 0.6) is 5.75 Å². The summed E-state index contributed by atoms with van der Waals surface area (Å²) in [5, 5.41) is 11.9. The zero-order chi connectivity index (χ0) is 18.5. The lowest BCUT2D eigenvalue weighted by Gasteiger charge is -2.18. The first-order valence-electron chi connectivity index (χ1n) is 8.57. The van der Waals surface area contributed by atoms with Gasteiger partial charge in [0, 0.05) is 24.8 Å². The van der Waals surface area contributed by atoms with Gasteiger partial charge in [0.05, 0.1) is 12.7 Å². The number of carboxylic acid groups (broad SMARTS) is 1. The number of rotatable bonds is 5. The highest BCUT2D eigenvalue weighted by atomic mass is 16.5. The van der Waals surface area contributed by atoms with Gasteiger partial charge in [-0.2, -0.15) is 0 Å². The third-order valence-electron chi connectivity index (χ3n) is 4.62. The molecule has 2 aromatic rings. The molecule has 0 aromatic heterocycles. The summed E-state index contributed by atoms with van der Waals surface area (Å²) < 4.78 is 5.17. The van der Waals surface area contributed by atoms with Crippen molar-refractivity contribution in [3.05, 3.63) is 59.7 Å². The van der Waals surface area contributed by atoms with Crippen molar-refractivity contribution in [3.8, 4) is 5.75 Å². The third-order valence-corrected chi connectivity index (χ3v) is 4.62. The minimum atomic E-state index is -0.919. The van der Waals surface area contributed by atoms with Gasteiger partial charge in [-0.1, -0.05) is 18.2 Å². The number of carbonyl (C=O) groups excluding carboxylic acids is 1. The first kappa shape index (κ1) is 17.8. The van der Waals surface area contributed by atoms with Crippen LogP contribution in [0.1, 0.15) is 22.3 Å². The van der Waals surface area contributed by atoms with Crippen LogP contribution in [0.25, 0.3) is 0 Å². The molecule has 1 atom stereocenters. The first-order chi connectivity index (χ1) is 12.5. The molecule has 0 saturated carbocycles. The van der Waals surface area contributed by atoms with Crippen LogP contribution in [0.4, 0.5) is 10.5 Å². The maximum absolute atomic E-state index is 12.4. The summed E-state index contributed by atoms with van der Waals surface area (Å²) in [5.74, 6) is 0.159. The van der Waals surface area contributed by atoms with Crippen LogP contribution in [-0.4, -0.2) is 42.2 Å². The van der Waals surface area contributed by atoms with Crippen LogP contribution in [0.15, 0.2) is 48.5 Å². The molecule has 1 fully saturated rings. The van der Waals surface area contributed by atoms with E-state index in [-0.39, 0.29) is 6.03 Å². The van der Waals surface area contributed by atoms with E-state index < -0.39 is 5.97 Å². The molecule has 0 unspecified atom stereocenters. The number of aromatic carboxylic acids is 1. The Kier molecular flexibility index (Phi) is 5.41. The molecule has 6 nitrogen and oxygen atoms in total. The number of likely N-dealkylation sites (tertiary alicyclic amines) is 1. The summed E-state index contributed by atoms with van der Waals surface area (Å²) in [7, 11) is 1.59. The van der Waals surface area contributed by atoms with Gasteiger partial charge in [-0.3, -0.25) is 0 Å².